The van der Waals surface area contributed by atoms with Crippen molar-refractivity contribution < 1.29 is 13.2 Å². The standard InChI is InChI=1S/C11H7BrCl2N2O4S2/c12-6-1-2-10(18)16(4-6)5-9(17)15-22(19,20)7-3-8(13)21-11(7)14/h1-4H,5H2,(H,15,17). The summed E-state index contributed by atoms with van der Waals surface area (Å²) in [6, 6.07) is 3.91. The van der Waals surface area contributed by atoms with Crippen LogP contribution in [0.3, 0.4) is 0 Å². The Labute approximate surface area is 147 Å². The van der Waals surface area contributed by atoms with E-state index in [-0.39, 0.29) is 13.6 Å². The monoisotopic (exact) mass is 444 g/mol. The van der Waals surface area contributed by atoms with Crippen LogP contribution in [-0.2, 0) is 21.4 Å². The number of nitrogens with zero attached hydrogens (tertiary/aromatic N) is 1. The summed E-state index contributed by atoms with van der Waals surface area (Å²) in [6.45, 7) is -0.451. The third kappa shape index (κ3) is 4.11. The molecule has 118 valence electrons. The third-order valence-electron chi connectivity index (χ3n) is 2.42. The van der Waals surface area contributed by atoms with E-state index in [1.54, 1.807) is 0 Å². The van der Waals surface area contributed by atoms with Crippen molar-refractivity contribution in [1.82, 2.24) is 9.29 Å². The minimum absolute atomic E-state index is 0.0510. The number of nitrogens with one attached hydrogen (secondary N) is 1. The zero-order valence-electron chi connectivity index (χ0n) is 10.5. The Morgan fingerprint density at radius 1 is 1.36 bits per heavy atom. The van der Waals surface area contributed by atoms with Gasteiger partial charge in [0, 0.05) is 16.7 Å². The van der Waals surface area contributed by atoms with Crippen LogP contribution in [0.2, 0.25) is 8.67 Å². The van der Waals surface area contributed by atoms with Crippen molar-refractivity contribution in [3.63, 3.8) is 0 Å². The molecule has 2 aromatic rings. The van der Waals surface area contributed by atoms with E-state index >= 15 is 0 Å². The van der Waals surface area contributed by atoms with E-state index < -0.39 is 28.0 Å². The van der Waals surface area contributed by atoms with Gasteiger partial charge in [-0.25, -0.2) is 13.1 Å². The Morgan fingerprint density at radius 2 is 2.05 bits per heavy atom. The smallest absolute Gasteiger partial charge is 0.266 e. The van der Waals surface area contributed by atoms with Crippen molar-refractivity contribution in [2.45, 2.75) is 11.4 Å². The lowest BCUT2D eigenvalue weighted by atomic mass is 10.4. The van der Waals surface area contributed by atoms with E-state index in [1.165, 1.54) is 18.3 Å². The minimum Gasteiger partial charge on any atom is -0.305 e. The number of hydrogen-bond acceptors (Lipinski definition) is 5. The molecule has 0 fully saturated rings. The van der Waals surface area contributed by atoms with Crippen molar-refractivity contribution in [2.24, 2.45) is 0 Å². The molecule has 0 unspecified atom stereocenters. The first-order chi connectivity index (χ1) is 10.2. The van der Waals surface area contributed by atoms with Gasteiger partial charge in [-0.05, 0) is 28.1 Å². The summed E-state index contributed by atoms with van der Waals surface area (Å²) >= 11 is 15.5. The number of halogens is 3. The molecule has 1 N–H and O–H groups in total. The number of rotatable bonds is 4. The molecule has 2 heterocycles. The Bertz CT molecular complexity index is 892. The van der Waals surface area contributed by atoms with Crippen LogP contribution in [0.25, 0.3) is 0 Å². The van der Waals surface area contributed by atoms with Gasteiger partial charge in [0.1, 0.15) is 15.8 Å². The molecule has 2 aromatic heterocycles. The predicted molar refractivity (Wildman–Crippen MR) is 88.1 cm³/mol. The molecule has 0 aromatic carbocycles. The van der Waals surface area contributed by atoms with E-state index in [0.29, 0.717) is 4.47 Å². The van der Waals surface area contributed by atoms with Crippen LogP contribution in [0.15, 0.2) is 38.6 Å². The number of pyridine rings is 1. The predicted octanol–water partition coefficient (Wildman–Crippen LogP) is 2.48. The largest absolute Gasteiger partial charge is 0.305 e. The van der Waals surface area contributed by atoms with Crippen LogP contribution < -0.4 is 10.3 Å². The van der Waals surface area contributed by atoms with Crippen molar-refractivity contribution in [3.8, 4) is 0 Å². The third-order valence-corrected chi connectivity index (χ3v) is 6.02. The van der Waals surface area contributed by atoms with Gasteiger partial charge >= 0.3 is 0 Å². The summed E-state index contributed by atoms with van der Waals surface area (Å²) in [5, 5.41) is 0. The second kappa shape index (κ2) is 6.71. The molecular formula is C11H7BrCl2N2O4S2. The maximum absolute atomic E-state index is 12.1. The zero-order valence-corrected chi connectivity index (χ0v) is 15.3. The van der Waals surface area contributed by atoms with Gasteiger partial charge in [0.2, 0.25) is 0 Å². The second-order valence-corrected chi connectivity index (χ2v) is 8.88. The van der Waals surface area contributed by atoms with Gasteiger partial charge in [-0.3, -0.25) is 9.59 Å². The van der Waals surface area contributed by atoms with E-state index in [2.05, 4.69) is 15.9 Å². The number of amides is 1. The first-order valence-corrected chi connectivity index (χ1v) is 9.40. The lowest BCUT2D eigenvalue weighted by Gasteiger charge is -2.08. The summed E-state index contributed by atoms with van der Waals surface area (Å²) in [5.41, 5.74) is -0.438. The Morgan fingerprint density at radius 3 is 2.64 bits per heavy atom. The van der Waals surface area contributed by atoms with E-state index in [0.717, 1.165) is 22.0 Å². The number of aromatic nitrogens is 1. The molecule has 11 heteroatoms. The van der Waals surface area contributed by atoms with Gasteiger partial charge in [0.25, 0.3) is 21.5 Å². The Balaban J connectivity index is 2.20. The molecule has 0 aliphatic rings. The van der Waals surface area contributed by atoms with E-state index in [9.17, 15) is 18.0 Å². The maximum atomic E-state index is 12.1. The molecule has 6 nitrogen and oxygen atoms in total. The fraction of sp³-hybridized carbons (Fsp3) is 0.0909. The van der Waals surface area contributed by atoms with Gasteiger partial charge in [-0.2, -0.15) is 0 Å². The average Bonchev–Trinajstić information content (AvgIpc) is 2.73. The molecular weight excluding hydrogens is 439 g/mol. The van der Waals surface area contributed by atoms with Gasteiger partial charge < -0.3 is 4.57 Å². The molecule has 0 atom stereocenters. The van der Waals surface area contributed by atoms with Gasteiger partial charge in [-0.1, -0.05) is 23.2 Å². The SMILES string of the molecule is O=C(Cn1cc(Br)ccc1=O)NS(=O)(=O)c1cc(Cl)sc1Cl. The lowest BCUT2D eigenvalue weighted by Crippen LogP contribution is -2.35. The fourth-order valence-electron chi connectivity index (χ4n) is 1.53. The maximum Gasteiger partial charge on any atom is 0.266 e. The van der Waals surface area contributed by atoms with Gasteiger partial charge in [0.15, 0.2) is 0 Å². The normalized spacial score (nSPS) is 11.4. The molecule has 0 aliphatic carbocycles. The zero-order chi connectivity index (χ0) is 16.5. The van der Waals surface area contributed by atoms with Crippen LogP contribution in [0.1, 0.15) is 0 Å². The first kappa shape index (κ1) is 17.5. The number of carbonyl (C=O) groups is 1. The molecule has 22 heavy (non-hydrogen) atoms. The molecule has 0 aliphatic heterocycles. The summed E-state index contributed by atoms with van der Waals surface area (Å²) < 4.78 is 27.7. The van der Waals surface area contributed by atoms with Gasteiger partial charge in [-0.15, -0.1) is 11.3 Å². The number of sulfonamides is 1. The van der Waals surface area contributed by atoms with Crippen molar-refractivity contribution >= 4 is 66.4 Å². The molecule has 0 radical (unpaired) electrons. The molecule has 0 spiro atoms. The summed E-state index contributed by atoms with van der Waals surface area (Å²) in [4.78, 5) is 23.1. The molecule has 0 saturated carbocycles. The Kier molecular flexibility index (Phi) is 5.33. The van der Waals surface area contributed by atoms with Crippen LogP contribution in [0.5, 0.6) is 0 Å². The number of hydrogen-bond donors (Lipinski definition) is 1. The number of thiophene rings is 1. The summed E-state index contributed by atoms with van der Waals surface area (Å²) in [7, 11) is -4.15. The van der Waals surface area contributed by atoms with Crippen molar-refractivity contribution in [2.75, 3.05) is 0 Å². The molecule has 2 rings (SSSR count). The van der Waals surface area contributed by atoms with Gasteiger partial charge in [0.05, 0.1) is 4.34 Å². The average molecular weight is 446 g/mol. The van der Waals surface area contributed by atoms with Crippen LogP contribution in [0.4, 0.5) is 0 Å². The second-order valence-electron chi connectivity index (χ2n) is 4.03. The molecule has 1 amide bonds. The highest BCUT2D eigenvalue weighted by Crippen LogP contribution is 2.34. The molecule has 0 bridgehead atoms. The fourth-order valence-corrected chi connectivity index (χ4v) is 5.03. The number of carbonyl (C=O) groups excluding carboxylic acids is 1. The quantitative estimate of drug-likeness (QED) is 0.783. The highest BCUT2D eigenvalue weighted by molar-refractivity contribution is 9.10. The van der Waals surface area contributed by atoms with Crippen molar-refractivity contribution in [3.05, 3.63) is 47.9 Å². The van der Waals surface area contributed by atoms with Crippen LogP contribution in [-0.4, -0.2) is 18.9 Å². The van der Waals surface area contributed by atoms with E-state index in [1.807, 2.05) is 4.72 Å². The van der Waals surface area contributed by atoms with Crippen LogP contribution >= 0.6 is 50.5 Å². The highest BCUT2D eigenvalue weighted by Gasteiger charge is 2.23. The van der Waals surface area contributed by atoms with Crippen molar-refractivity contribution in [1.29, 1.82) is 0 Å². The summed E-state index contributed by atoms with van der Waals surface area (Å²) in [6.07, 6.45) is 1.38. The Hall–Kier alpha value is -0.870. The van der Waals surface area contributed by atoms with E-state index in [4.69, 9.17) is 23.2 Å². The topological polar surface area (TPSA) is 85.2 Å². The van der Waals surface area contributed by atoms with Crippen LogP contribution in [0, 0.1) is 0 Å². The minimum atomic E-state index is -4.15. The first-order valence-electron chi connectivity index (χ1n) is 5.55. The molecule has 0 saturated heterocycles. The highest BCUT2D eigenvalue weighted by atomic mass is 79.9. The summed E-state index contributed by atoms with van der Waals surface area (Å²) in [5.74, 6) is -0.876. The lowest BCUT2D eigenvalue weighted by molar-refractivity contribution is -0.119.